The van der Waals surface area contributed by atoms with E-state index in [0.29, 0.717) is 39.7 Å². The molecule has 1 N–H and O–H groups in total. The molecule has 0 spiro atoms. The fourth-order valence-electron chi connectivity index (χ4n) is 6.49. The number of aromatic nitrogens is 1. The Morgan fingerprint density at radius 2 is 1.77 bits per heavy atom. The molecule has 2 aromatic rings. The van der Waals surface area contributed by atoms with E-state index in [2.05, 4.69) is 33.1 Å². The lowest BCUT2D eigenvalue weighted by atomic mass is 9.89. The third-order valence-corrected chi connectivity index (χ3v) is 9.10. The predicted octanol–water partition coefficient (Wildman–Crippen LogP) is 4.98. The van der Waals surface area contributed by atoms with E-state index >= 15 is 0 Å². The molecule has 8 nitrogen and oxygen atoms in total. The normalized spacial score (nSPS) is 21.2. The molecule has 3 aliphatic rings. The Bertz CT molecular complexity index is 1240. The van der Waals surface area contributed by atoms with Crippen LogP contribution in [0.4, 0.5) is 5.82 Å². The number of hydrogen-bond acceptors (Lipinski definition) is 6. The highest BCUT2D eigenvalue weighted by molar-refractivity contribution is 6.33. The second-order valence-electron chi connectivity index (χ2n) is 11.5. The molecule has 5 rings (SSSR count). The van der Waals surface area contributed by atoms with Gasteiger partial charge in [-0.1, -0.05) is 30.9 Å². The average molecular weight is 565 g/mol. The van der Waals surface area contributed by atoms with Gasteiger partial charge in [-0.15, -0.1) is 0 Å². The summed E-state index contributed by atoms with van der Waals surface area (Å²) in [4.78, 5) is 36.9. The van der Waals surface area contributed by atoms with Gasteiger partial charge in [0.05, 0.1) is 22.2 Å². The number of likely N-dealkylation sites (tertiary alicyclic amines) is 1. The van der Waals surface area contributed by atoms with Crippen molar-refractivity contribution in [3.63, 3.8) is 0 Å². The van der Waals surface area contributed by atoms with Gasteiger partial charge in [0.25, 0.3) is 11.8 Å². The van der Waals surface area contributed by atoms with E-state index in [1.54, 1.807) is 36.5 Å². The Balaban J connectivity index is 0.00000387. The molecule has 1 aromatic heterocycles. The zero-order valence-electron chi connectivity index (χ0n) is 23.3. The molecular weight excluding hydrogens is 524 g/mol. The Labute approximate surface area is 243 Å². The van der Waals surface area contributed by atoms with E-state index in [1.807, 2.05) is 4.90 Å². The summed E-state index contributed by atoms with van der Waals surface area (Å²) in [5.41, 5.74) is 1.71. The number of carbonyl (C=O) groups is 2. The summed E-state index contributed by atoms with van der Waals surface area (Å²) < 4.78 is 0. The predicted molar refractivity (Wildman–Crippen MR) is 159 cm³/mol. The third-order valence-electron chi connectivity index (χ3n) is 8.82. The molecule has 214 valence electrons. The highest BCUT2D eigenvalue weighted by Gasteiger charge is 2.33. The Morgan fingerprint density at radius 1 is 1.05 bits per heavy atom. The quantitative estimate of drug-likeness (QED) is 0.532. The number of amides is 2. The highest BCUT2D eigenvalue weighted by atomic mass is 35.5. The maximum absolute atomic E-state index is 12.9. The van der Waals surface area contributed by atoms with Gasteiger partial charge in [0, 0.05) is 64.5 Å². The van der Waals surface area contributed by atoms with Crippen LogP contribution in [0.15, 0.2) is 36.5 Å². The number of piperidine rings is 1. The van der Waals surface area contributed by atoms with Crippen molar-refractivity contribution in [1.82, 2.24) is 20.1 Å². The van der Waals surface area contributed by atoms with Gasteiger partial charge < -0.3 is 15.1 Å². The number of hydrogen-bond donors (Lipinski definition) is 1. The summed E-state index contributed by atoms with van der Waals surface area (Å²) in [6, 6.07) is 11.5. The van der Waals surface area contributed by atoms with Crippen molar-refractivity contribution in [3.05, 3.63) is 58.2 Å². The SMILES string of the molecule is C[C@@H]1CN(c2ncc(C(=O)NCC3CCCCC3)cc2Cl)CCN1C1CCN(C(=O)c2ccc(C#N)cc2)CC1.[HH]. The molecule has 2 aliphatic heterocycles. The molecule has 40 heavy (non-hydrogen) atoms. The van der Waals surface area contributed by atoms with Crippen LogP contribution in [0.25, 0.3) is 0 Å². The molecule has 1 saturated carbocycles. The summed E-state index contributed by atoms with van der Waals surface area (Å²) >= 11 is 6.65. The first-order valence-corrected chi connectivity index (χ1v) is 15.0. The smallest absolute Gasteiger partial charge is 0.253 e. The molecule has 9 heteroatoms. The van der Waals surface area contributed by atoms with Gasteiger partial charge in [0.2, 0.25) is 0 Å². The lowest BCUT2D eigenvalue weighted by Crippen LogP contribution is -2.58. The van der Waals surface area contributed by atoms with Crippen LogP contribution >= 0.6 is 11.6 Å². The summed E-state index contributed by atoms with van der Waals surface area (Å²) in [6.07, 6.45) is 9.73. The first-order valence-electron chi connectivity index (χ1n) is 14.7. The number of pyridine rings is 1. The molecule has 2 amide bonds. The van der Waals surface area contributed by atoms with Crippen molar-refractivity contribution in [2.45, 2.75) is 64.0 Å². The van der Waals surface area contributed by atoms with Gasteiger partial charge in [-0.25, -0.2) is 4.98 Å². The molecule has 0 bridgehead atoms. The summed E-state index contributed by atoms with van der Waals surface area (Å²) in [6.45, 7) is 6.94. The number of nitriles is 1. The van der Waals surface area contributed by atoms with E-state index in [9.17, 15) is 9.59 Å². The van der Waals surface area contributed by atoms with E-state index in [-0.39, 0.29) is 13.2 Å². The highest BCUT2D eigenvalue weighted by Crippen LogP contribution is 2.29. The lowest BCUT2D eigenvalue weighted by Gasteiger charge is -2.46. The van der Waals surface area contributed by atoms with Crippen molar-refractivity contribution in [2.24, 2.45) is 5.92 Å². The minimum Gasteiger partial charge on any atom is -0.353 e. The van der Waals surface area contributed by atoms with Crippen molar-refractivity contribution in [1.29, 1.82) is 5.26 Å². The van der Waals surface area contributed by atoms with Gasteiger partial charge in [-0.2, -0.15) is 5.26 Å². The fourth-order valence-corrected chi connectivity index (χ4v) is 6.78. The minimum atomic E-state index is -0.103. The summed E-state index contributed by atoms with van der Waals surface area (Å²) in [5, 5.41) is 12.6. The van der Waals surface area contributed by atoms with E-state index in [1.165, 1.54) is 32.1 Å². The molecule has 1 atom stereocenters. The third kappa shape index (κ3) is 6.59. The molecular formula is C31H41ClN6O2. The molecule has 3 heterocycles. The van der Waals surface area contributed by atoms with Crippen LogP contribution in [0.3, 0.4) is 0 Å². The van der Waals surface area contributed by atoms with Gasteiger partial charge in [0.15, 0.2) is 0 Å². The first kappa shape index (κ1) is 28.4. The number of halogens is 1. The van der Waals surface area contributed by atoms with Crippen molar-refractivity contribution < 1.29 is 11.0 Å². The van der Waals surface area contributed by atoms with Gasteiger partial charge in [-0.3, -0.25) is 14.5 Å². The second-order valence-corrected chi connectivity index (χ2v) is 11.9. The molecule has 1 aliphatic carbocycles. The summed E-state index contributed by atoms with van der Waals surface area (Å²) in [7, 11) is 0. The maximum Gasteiger partial charge on any atom is 0.253 e. The minimum absolute atomic E-state index is 0. The standard InChI is InChI=1S/C31H39ClN6O2.H2/c1-22-21-37(29-28(32)17-26(20-34-29)30(39)35-19-24-5-3-2-4-6-24)15-16-38(22)27-11-13-36(14-12-27)31(40)25-9-7-23(18-33)8-10-25;/h7-10,17,20,22,24,27H,2-6,11-16,19,21H2,1H3,(H,35,39);1H/t22-;/m1./s1. The first-order chi connectivity index (χ1) is 19.4. The van der Waals surface area contributed by atoms with Gasteiger partial charge >= 0.3 is 0 Å². The molecule has 0 unspecified atom stereocenters. The van der Waals surface area contributed by atoms with Crippen LogP contribution in [0.2, 0.25) is 5.02 Å². The van der Waals surface area contributed by atoms with E-state index < -0.39 is 0 Å². The van der Waals surface area contributed by atoms with Crippen LogP contribution in [0.1, 0.15) is 79.6 Å². The molecule has 3 fully saturated rings. The van der Waals surface area contributed by atoms with Crippen molar-refractivity contribution in [2.75, 3.05) is 44.2 Å². The monoisotopic (exact) mass is 564 g/mol. The van der Waals surface area contributed by atoms with E-state index in [0.717, 1.165) is 57.9 Å². The van der Waals surface area contributed by atoms with Crippen molar-refractivity contribution >= 4 is 29.2 Å². The molecule has 0 radical (unpaired) electrons. The van der Waals surface area contributed by atoms with Crippen LogP contribution in [0.5, 0.6) is 0 Å². The van der Waals surface area contributed by atoms with Crippen molar-refractivity contribution in [3.8, 4) is 6.07 Å². The average Bonchev–Trinajstić information content (AvgIpc) is 3.00. The Kier molecular flexibility index (Phi) is 9.23. The number of rotatable bonds is 6. The molecule has 1 aromatic carbocycles. The fraction of sp³-hybridized carbons (Fsp3) is 0.548. The van der Waals surface area contributed by atoms with E-state index in [4.69, 9.17) is 16.9 Å². The number of nitrogens with zero attached hydrogens (tertiary/aromatic N) is 5. The number of anilines is 1. The zero-order valence-corrected chi connectivity index (χ0v) is 24.1. The second kappa shape index (κ2) is 13.0. The van der Waals surface area contributed by atoms with Crippen LogP contribution in [-0.2, 0) is 0 Å². The molecule has 2 saturated heterocycles. The lowest BCUT2D eigenvalue weighted by molar-refractivity contribution is 0.0525. The number of benzene rings is 1. The largest absolute Gasteiger partial charge is 0.353 e. The maximum atomic E-state index is 12.9. The Hall–Kier alpha value is -3.15. The van der Waals surface area contributed by atoms with Gasteiger partial charge in [-0.05, 0) is 68.9 Å². The number of carbonyl (C=O) groups excluding carboxylic acids is 2. The summed E-state index contributed by atoms with van der Waals surface area (Å²) in [5.74, 6) is 1.25. The topological polar surface area (TPSA) is 92.6 Å². The number of piperazine rings is 1. The number of nitrogens with one attached hydrogen (secondary N) is 1. The van der Waals surface area contributed by atoms with Crippen LogP contribution < -0.4 is 10.2 Å². The van der Waals surface area contributed by atoms with Crippen LogP contribution in [-0.4, -0.2) is 78.0 Å². The van der Waals surface area contributed by atoms with Crippen LogP contribution in [0, 0.1) is 17.2 Å². The Morgan fingerprint density at radius 3 is 2.42 bits per heavy atom. The van der Waals surface area contributed by atoms with Gasteiger partial charge in [0.1, 0.15) is 5.82 Å². The zero-order chi connectivity index (χ0) is 28.1.